The van der Waals surface area contributed by atoms with Crippen molar-refractivity contribution in [1.82, 2.24) is 0 Å². The summed E-state index contributed by atoms with van der Waals surface area (Å²) in [7, 11) is 0. The number of carboxylic acid groups (broad SMARTS) is 1. The number of allylic oxidation sites excluding steroid dienone is 1. The third-order valence-electron chi connectivity index (χ3n) is 5.30. The molecule has 0 spiro atoms. The first kappa shape index (κ1) is 26.5. The van der Waals surface area contributed by atoms with Crippen LogP contribution in [0.1, 0.15) is 92.4 Å². The molecule has 0 fully saturated rings. The molecule has 0 heterocycles. The van der Waals surface area contributed by atoms with E-state index in [1.807, 2.05) is 0 Å². The van der Waals surface area contributed by atoms with Crippen molar-refractivity contribution in [3.05, 3.63) is 11.6 Å². The summed E-state index contributed by atoms with van der Waals surface area (Å²) < 4.78 is 0. The Morgan fingerprint density at radius 1 is 0.963 bits per heavy atom. The molecule has 3 unspecified atom stereocenters. The van der Waals surface area contributed by atoms with Crippen molar-refractivity contribution < 1.29 is 9.90 Å². The Bertz CT molecular complexity index is 409. The maximum Gasteiger partial charge on any atom is 0.321 e. The number of thioether (sulfide) groups is 1. The van der Waals surface area contributed by atoms with Gasteiger partial charge >= 0.3 is 5.97 Å². The number of hydrogen-bond donors (Lipinski definition) is 2. The van der Waals surface area contributed by atoms with Crippen molar-refractivity contribution >= 4 is 17.7 Å². The number of aliphatic carboxylic acids is 1. The summed E-state index contributed by atoms with van der Waals surface area (Å²) in [6, 6.07) is -0.748. The zero-order chi connectivity index (χ0) is 20.7. The van der Waals surface area contributed by atoms with Gasteiger partial charge in [0.1, 0.15) is 6.04 Å². The number of rotatable bonds is 17. The van der Waals surface area contributed by atoms with Gasteiger partial charge in [-0.2, -0.15) is 11.8 Å². The summed E-state index contributed by atoms with van der Waals surface area (Å²) in [4.78, 5) is 10.7. The van der Waals surface area contributed by atoms with E-state index in [0.717, 1.165) is 29.9 Å². The van der Waals surface area contributed by atoms with Gasteiger partial charge in [-0.25, -0.2) is 0 Å². The van der Waals surface area contributed by atoms with Gasteiger partial charge in [0.05, 0.1) is 0 Å². The van der Waals surface area contributed by atoms with Gasteiger partial charge in [0.15, 0.2) is 0 Å². The molecule has 0 saturated carbocycles. The first-order valence-electron chi connectivity index (χ1n) is 10.9. The van der Waals surface area contributed by atoms with Crippen LogP contribution in [0.25, 0.3) is 0 Å². The van der Waals surface area contributed by atoms with Crippen molar-refractivity contribution in [3.63, 3.8) is 0 Å². The maximum atomic E-state index is 10.7. The molecule has 0 saturated heterocycles. The predicted octanol–water partition coefficient (Wildman–Crippen LogP) is 6.52. The number of nitrogens with two attached hydrogens (primary N) is 1. The maximum absolute atomic E-state index is 10.7. The minimum Gasteiger partial charge on any atom is -0.480 e. The lowest BCUT2D eigenvalue weighted by molar-refractivity contribution is -0.137. The second-order valence-corrected chi connectivity index (χ2v) is 9.97. The van der Waals surface area contributed by atoms with Crippen molar-refractivity contribution in [2.45, 2.75) is 98.4 Å². The van der Waals surface area contributed by atoms with E-state index in [-0.39, 0.29) is 0 Å². The number of carboxylic acids is 1. The lowest BCUT2D eigenvalue weighted by Gasteiger charge is -2.15. The Balaban J connectivity index is 3.67. The quantitative estimate of drug-likeness (QED) is 0.216. The standard InChI is InChI=1S/C23H45NO2S/c1-18(2)9-6-10-19(3)11-7-12-20(4)13-8-14-21(5)15-16-27-17-22(24)23(25)26/h15,18-20,22H,6-14,16-17,24H2,1-5H3,(H,25,26)/b21-15+. The largest absolute Gasteiger partial charge is 0.480 e. The SMILES string of the molecule is C/C(=C\CSCC(N)C(=O)O)CCCC(C)CCCC(C)CCCC(C)C. The first-order valence-corrected chi connectivity index (χ1v) is 12.1. The average molecular weight is 400 g/mol. The van der Waals surface area contributed by atoms with Gasteiger partial charge in [0.25, 0.3) is 0 Å². The zero-order valence-electron chi connectivity index (χ0n) is 18.5. The molecule has 27 heavy (non-hydrogen) atoms. The number of hydrogen-bond acceptors (Lipinski definition) is 3. The van der Waals surface area contributed by atoms with Crippen LogP contribution >= 0.6 is 11.8 Å². The van der Waals surface area contributed by atoms with Crippen molar-refractivity contribution in [3.8, 4) is 0 Å². The highest BCUT2D eigenvalue weighted by molar-refractivity contribution is 7.99. The lowest BCUT2D eigenvalue weighted by Crippen LogP contribution is -2.32. The lowest BCUT2D eigenvalue weighted by atomic mass is 9.91. The van der Waals surface area contributed by atoms with E-state index in [0.29, 0.717) is 5.75 Å². The van der Waals surface area contributed by atoms with Gasteiger partial charge < -0.3 is 10.8 Å². The van der Waals surface area contributed by atoms with E-state index in [2.05, 4.69) is 40.7 Å². The highest BCUT2D eigenvalue weighted by Crippen LogP contribution is 2.22. The summed E-state index contributed by atoms with van der Waals surface area (Å²) in [5.74, 6) is 2.97. The summed E-state index contributed by atoms with van der Waals surface area (Å²) in [5, 5.41) is 8.75. The first-order chi connectivity index (χ1) is 12.7. The Kier molecular flexibility index (Phi) is 16.2. The smallest absolute Gasteiger partial charge is 0.321 e. The van der Waals surface area contributed by atoms with E-state index < -0.39 is 12.0 Å². The molecular formula is C23H45NO2S. The van der Waals surface area contributed by atoms with E-state index in [4.69, 9.17) is 10.8 Å². The van der Waals surface area contributed by atoms with Crippen molar-refractivity contribution in [2.24, 2.45) is 23.5 Å². The Labute approximate surface area is 172 Å². The van der Waals surface area contributed by atoms with Gasteiger partial charge in [-0.05, 0) is 37.5 Å². The molecule has 0 rings (SSSR count). The molecule has 3 nitrogen and oxygen atoms in total. The van der Waals surface area contributed by atoms with Crippen LogP contribution < -0.4 is 5.73 Å². The third-order valence-corrected chi connectivity index (χ3v) is 6.30. The average Bonchev–Trinajstić information content (AvgIpc) is 2.58. The molecular weight excluding hydrogens is 354 g/mol. The predicted molar refractivity (Wildman–Crippen MR) is 121 cm³/mol. The molecule has 0 aliphatic rings. The normalized spacial score (nSPS) is 15.7. The third kappa shape index (κ3) is 17.4. The molecule has 0 aliphatic carbocycles. The second-order valence-electron chi connectivity index (χ2n) is 8.89. The van der Waals surface area contributed by atoms with E-state index in [1.54, 1.807) is 11.8 Å². The molecule has 0 bridgehead atoms. The van der Waals surface area contributed by atoms with Gasteiger partial charge in [-0.15, -0.1) is 0 Å². The molecule has 3 atom stereocenters. The van der Waals surface area contributed by atoms with Crippen LogP contribution in [0, 0.1) is 17.8 Å². The van der Waals surface area contributed by atoms with E-state index in [1.165, 1.54) is 56.9 Å². The highest BCUT2D eigenvalue weighted by atomic mass is 32.2. The Morgan fingerprint density at radius 2 is 1.48 bits per heavy atom. The molecule has 0 aromatic rings. The minimum atomic E-state index is -0.915. The summed E-state index contributed by atoms with van der Waals surface area (Å²) in [5.41, 5.74) is 6.91. The van der Waals surface area contributed by atoms with Crippen LogP contribution in [0.15, 0.2) is 11.6 Å². The molecule has 160 valence electrons. The second kappa shape index (κ2) is 16.5. The Hall–Kier alpha value is -0.480. The van der Waals surface area contributed by atoms with Crippen LogP contribution in [0.3, 0.4) is 0 Å². The van der Waals surface area contributed by atoms with Crippen LogP contribution in [0.2, 0.25) is 0 Å². The van der Waals surface area contributed by atoms with Gasteiger partial charge in [-0.1, -0.05) is 84.3 Å². The minimum absolute atomic E-state index is 0.478. The topological polar surface area (TPSA) is 63.3 Å². The van der Waals surface area contributed by atoms with Crippen molar-refractivity contribution in [2.75, 3.05) is 11.5 Å². The molecule has 0 aromatic carbocycles. The number of carbonyl (C=O) groups is 1. The molecule has 0 aliphatic heterocycles. The summed E-state index contributed by atoms with van der Waals surface area (Å²) in [6.07, 6.45) is 14.2. The van der Waals surface area contributed by atoms with Gasteiger partial charge in [-0.3, -0.25) is 4.79 Å². The molecule has 4 heteroatoms. The van der Waals surface area contributed by atoms with Crippen LogP contribution in [-0.4, -0.2) is 28.6 Å². The summed E-state index contributed by atoms with van der Waals surface area (Å²) >= 11 is 1.60. The summed E-state index contributed by atoms with van der Waals surface area (Å²) in [6.45, 7) is 11.6. The Morgan fingerprint density at radius 3 is 2.00 bits per heavy atom. The molecule has 0 aromatic heterocycles. The monoisotopic (exact) mass is 399 g/mol. The van der Waals surface area contributed by atoms with Crippen LogP contribution in [0.4, 0.5) is 0 Å². The molecule has 0 amide bonds. The van der Waals surface area contributed by atoms with E-state index in [9.17, 15) is 4.79 Å². The fourth-order valence-electron chi connectivity index (χ4n) is 3.28. The van der Waals surface area contributed by atoms with Gasteiger partial charge in [0.2, 0.25) is 0 Å². The van der Waals surface area contributed by atoms with E-state index >= 15 is 0 Å². The fraction of sp³-hybridized carbons (Fsp3) is 0.870. The van der Waals surface area contributed by atoms with Crippen molar-refractivity contribution in [1.29, 1.82) is 0 Å². The van der Waals surface area contributed by atoms with Gasteiger partial charge in [0, 0.05) is 11.5 Å². The molecule has 3 N–H and O–H groups in total. The highest BCUT2D eigenvalue weighted by Gasteiger charge is 2.10. The molecule has 0 radical (unpaired) electrons. The fourth-order valence-corrected chi connectivity index (χ4v) is 4.21. The zero-order valence-corrected chi connectivity index (χ0v) is 19.3. The van der Waals surface area contributed by atoms with Crippen LogP contribution in [-0.2, 0) is 4.79 Å². The van der Waals surface area contributed by atoms with Crippen LogP contribution in [0.5, 0.6) is 0 Å².